The Labute approximate surface area is 211 Å². The Hall–Kier alpha value is -2.59. The summed E-state index contributed by atoms with van der Waals surface area (Å²) in [5.74, 6) is 1.91. The zero-order valence-corrected chi connectivity index (χ0v) is 21.6. The molecule has 0 bridgehead atoms. The second-order valence-corrected chi connectivity index (χ2v) is 9.89. The minimum absolute atomic E-state index is 0.00306. The molecule has 4 heteroatoms. The monoisotopic (exact) mass is 478 g/mol. The van der Waals surface area contributed by atoms with Gasteiger partial charge in [-0.1, -0.05) is 69.5 Å². The summed E-state index contributed by atoms with van der Waals surface area (Å²) < 4.78 is 10.9. The summed E-state index contributed by atoms with van der Waals surface area (Å²) >= 11 is 0. The molecule has 1 aliphatic rings. The zero-order chi connectivity index (χ0) is 25.0. The molecule has 0 radical (unpaired) electrons. The van der Waals surface area contributed by atoms with E-state index in [0.717, 1.165) is 22.8 Å². The van der Waals surface area contributed by atoms with Crippen molar-refractivity contribution in [1.82, 2.24) is 0 Å². The Morgan fingerprint density at radius 3 is 2.43 bits per heavy atom. The van der Waals surface area contributed by atoms with Crippen LogP contribution in [-0.4, -0.2) is 30.9 Å². The Balaban J connectivity index is 1.74. The van der Waals surface area contributed by atoms with Crippen LogP contribution in [-0.2, 0) is 16.0 Å². The third-order valence-corrected chi connectivity index (χ3v) is 7.14. The third kappa shape index (κ3) is 8.24. The molecule has 0 atom stereocenters. The molecule has 0 aromatic heterocycles. The van der Waals surface area contributed by atoms with Crippen molar-refractivity contribution in [3.63, 3.8) is 0 Å². The minimum atomic E-state index is -0.338. The van der Waals surface area contributed by atoms with E-state index in [1.807, 2.05) is 24.3 Å². The summed E-state index contributed by atoms with van der Waals surface area (Å²) in [5, 5.41) is 8.98. The maximum Gasteiger partial charge on any atom is 0.333 e. The maximum absolute atomic E-state index is 11.9. The van der Waals surface area contributed by atoms with Gasteiger partial charge in [-0.25, -0.2) is 4.79 Å². The van der Waals surface area contributed by atoms with E-state index >= 15 is 0 Å². The van der Waals surface area contributed by atoms with E-state index in [2.05, 4.69) is 31.7 Å². The van der Waals surface area contributed by atoms with Crippen LogP contribution < -0.4 is 4.74 Å². The number of hydrogen-bond donors (Lipinski definition) is 1. The van der Waals surface area contributed by atoms with Crippen LogP contribution >= 0.6 is 0 Å². The molecule has 0 aliphatic heterocycles. The molecular formula is C31H42O4. The van der Waals surface area contributed by atoms with Crippen molar-refractivity contribution in [2.24, 2.45) is 5.92 Å². The predicted octanol–water partition coefficient (Wildman–Crippen LogP) is 7.24. The van der Waals surface area contributed by atoms with Crippen LogP contribution in [0, 0.1) is 5.92 Å². The van der Waals surface area contributed by atoms with Crippen LogP contribution in [0.3, 0.4) is 0 Å². The molecule has 1 fully saturated rings. The standard InChI is InChI=1S/C31H42O4/c1-4-5-6-7-24-8-10-25(11-9-24)27-14-17-30(26-12-15-29(16-13-26)34-21-19-32)28(22-27)18-20-35-31(33)23(2)3/h12-17,22,24-25,32H,2,4-11,18-21H2,1,3H3. The summed E-state index contributed by atoms with van der Waals surface area (Å²) in [5.41, 5.74) is 5.29. The average Bonchev–Trinajstić information content (AvgIpc) is 2.88. The molecule has 190 valence electrons. The fourth-order valence-corrected chi connectivity index (χ4v) is 5.09. The summed E-state index contributed by atoms with van der Waals surface area (Å²) in [4.78, 5) is 11.9. The molecule has 0 heterocycles. The SMILES string of the molecule is C=C(C)C(=O)OCCc1cc(C2CCC(CCCCC)CC2)ccc1-c1ccc(OCCO)cc1. The van der Waals surface area contributed by atoms with Gasteiger partial charge in [-0.15, -0.1) is 0 Å². The first-order valence-corrected chi connectivity index (χ1v) is 13.3. The minimum Gasteiger partial charge on any atom is -0.491 e. The normalized spacial score (nSPS) is 17.7. The van der Waals surface area contributed by atoms with Crippen molar-refractivity contribution >= 4 is 5.97 Å². The van der Waals surface area contributed by atoms with Crippen LogP contribution in [0.5, 0.6) is 5.75 Å². The molecule has 0 saturated heterocycles. The van der Waals surface area contributed by atoms with E-state index < -0.39 is 0 Å². The molecule has 1 saturated carbocycles. The molecule has 4 nitrogen and oxygen atoms in total. The van der Waals surface area contributed by atoms with Gasteiger partial charge in [0.15, 0.2) is 0 Å². The second-order valence-electron chi connectivity index (χ2n) is 9.89. The highest BCUT2D eigenvalue weighted by atomic mass is 16.5. The lowest BCUT2D eigenvalue weighted by Crippen LogP contribution is -2.14. The Bertz CT molecular complexity index is 939. The fraction of sp³-hybridized carbons (Fsp3) is 0.516. The van der Waals surface area contributed by atoms with E-state index in [1.165, 1.54) is 62.5 Å². The van der Waals surface area contributed by atoms with Crippen molar-refractivity contribution in [3.05, 3.63) is 65.7 Å². The van der Waals surface area contributed by atoms with E-state index in [1.54, 1.807) is 6.92 Å². The average molecular weight is 479 g/mol. The number of unbranched alkanes of at least 4 members (excludes halogenated alkanes) is 2. The van der Waals surface area contributed by atoms with Crippen LogP contribution in [0.25, 0.3) is 11.1 Å². The molecular weight excluding hydrogens is 436 g/mol. The van der Waals surface area contributed by atoms with Crippen molar-refractivity contribution in [1.29, 1.82) is 0 Å². The summed E-state index contributed by atoms with van der Waals surface area (Å²) in [6.07, 6.45) is 11.3. The lowest BCUT2D eigenvalue weighted by atomic mass is 9.76. The second kappa shape index (κ2) is 14.1. The number of benzene rings is 2. The molecule has 1 N–H and O–H groups in total. The van der Waals surface area contributed by atoms with E-state index in [4.69, 9.17) is 14.6 Å². The smallest absolute Gasteiger partial charge is 0.333 e. The number of esters is 1. The van der Waals surface area contributed by atoms with Gasteiger partial charge in [-0.05, 0) is 78.8 Å². The first-order valence-electron chi connectivity index (χ1n) is 13.3. The first kappa shape index (κ1) is 27.0. The molecule has 2 aromatic rings. The van der Waals surface area contributed by atoms with Gasteiger partial charge >= 0.3 is 5.97 Å². The summed E-state index contributed by atoms with van der Waals surface area (Å²) in [6.45, 7) is 8.25. The molecule has 35 heavy (non-hydrogen) atoms. The van der Waals surface area contributed by atoms with Gasteiger partial charge in [0.25, 0.3) is 0 Å². The van der Waals surface area contributed by atoms with Crippen LogP contribution in [0.15, 0.2) is 54.6 Å². The molecule has 0 unspecified atom stereocenters. The third-order valence-electron chi connectivity index (χ3n) is 7.14. The first-order chi connectivity index (χ1) is 17.0. The van der Waals surface area contributed by atoms with Crippen LogP contribution in [0.4, 0.5) is 0 Å². The van der Waals surface area contributed by atoms with Gasteiger partial charge < -0.3 is 14.6 Å². The number of carbonyl (C=O) groups excluding carboxylic acids is 1. The molecule has 1 aliphatic carbocycles. The summed E-state index contributed by atoms with van der Waals surface area (Å²) in [7, 11) is 0. The Morgan fingerprint density at radius 2 is 1.77 bits per heavy atom. The van der Waals surface area contributed by atoms with Gasteiger partial charge in [-0.3, -0.25) is 0 Å². The lowest BCUT2D eigenvalue weighted by molar-refractivity contribution is -0.138. The highest BCUT2D eigenvalue weighted by Gasteiger charge is 2.23. The fourth-order valence-electron chi connectivity index (χ4n) is 5.09. The van der Waals surface area contributed by atoms with E-state index in [-0.39, 0.29) is 19.2 Å². The largest absolute Gasteiger partial charge is 0.491 e. The molecule has 0 amide bonds. The van der Waals surface area contributed by atoms with Crippen molar-refractivity contribution < 1.29 is 19.4 Å². The van der Waals surface area contributed by atoms with Gasteiger partial charge in [0.1, 0.15) is 12.4 Å². The molecule has 3 rings (SSSR count). The van der Waals surface area contributed by atoms with Crippen molar-refractivity contribution in [2.45, 2.75) is 77.6 Å². The topological polar surface area (TPSA) is 55.8 Å². The predicted molar refractivity (Wildman–Crippen MR) is 143 cm³/mol. The number of hydrogen-bond acceptors (Lipinski definition) is 4. The lowest BCUT2D eigenvalue weighted by Gasteiger charge is -2.29. The Morgan fingerprint density at radius 1 is 1.03 bits per heavy atom. The summed E-state index contributed by atoms with van der Waals surface area (Å²) in [6, 6.07) is 14.8. The highest BCUT2D eigenvalue weighted by molar-refractivity contribution is 5.86. The van der Waals surface area contributed by atoms with Crippen molar-refractivity contribution in [2.75, 3.05) is 19.8 Å². The molecule has 0 spiro atoms. The number of rotatable bonds is 13. The van der Waals surface area contributed by atoms with Crippen molar-refractivity contribution in [3.8, 4) is 16.9 Å². The van der Waals surface area contributed by atoms with E-state index in [9.17, 15) is 4.79 Å². The van der Waals surface area contributed by atoms with Crippen LogP contribution in [0.2, 0.25) is 0 Å². The maximum atomic E-state index is 11.9. The number of aliphatic hydroxyl groups excluding tert-OH is 1. The van der Waals surface area contributed by atoms with Gasteiger partial charge in [0.05, 0.1) is 13.2 Å². The molecule has 2 aromatic carbocycles. The van der Waals surface area contributed by atoms with Gasteiger partial charge in [0.2, 0.25) is 0 Å². The Kier molecular flexibility index (Phi) is 10.9. The number of carbonyl (C=O) groups is 1. The number of ether oxygens (including phenoxy) is 2. The zero-order valence-electron chi connectivity index (χ0n) is 21.6. The highest BCUT2D eigenvalue weighted by Crippen LogP contribution is 2.39. The quantitative estimate of drug-likeness (QED) is 0.187. The van der Waals surface area contributed by atoms with Gasteiger partial charge in [0, 0.05) is 12.0 Å². The van der Waals surface area contributed by atoms with Crippen LogP contribution in [0.1, 0.15) is 82.3 Å². The number of aliphatic hydroxyl groups is 1. The van der Waals surface area contributed by atoms with E-state index in [0.29, 0.717) is 24.5 Å². The van der Waals surface area contributed by atoms with Gasteiger partial charge in [-0.2, -0.15) is 0 Å².